The SMILES string of the molecule is CCCNC(C)(C#N)CN1CCCCC1CCC. The number of likely N-dealkylation sites (tertiary alicyclic amines) is 1. The first-order chi connectivity index (χ1) is 8.65. The van der Waals surface area contributed by atoms with Gasteiger partial charge in [0.2, 0.25) is 0 Å². The predicted octanol–water partition coefficient (Wildman–Crippen LogP) is 2.92. The van der Waals surface area contributed by atoms with Gasteiger partial charge in [0, 0.05) is 12.6 Å². The quantitative estimate of drug-likeness (QED) is 0.756. The van der Waals surface area contributed by atoms with E-state index in [0.717, 1.165) is 26.1 Å². The molecule has 1 fully saturated rings. The van der Waals surface area contributed by atoms with Crippen LogP contribution in [0.5, 0.6) is 0 Å². The van der Waals surface area contributed by atoms with E-state index < -0.39 is 0 Å². The summed E-state index contributed by atoms with van der Waals surface area (Å²) in [5, 5.41) is 12.8. The summed E-state index contributed by atoms with van der Waals surface area (Å²) in [6.07, 6.45) is 7.54. The van der Waals surface area contributed by atoms with Crippen LogP contribution in [0.3, 0.4) is 0 Å². The average molecular weight is 251 g/mol. The zero-order chi connectivity index (χ0) is 13.4. The summed E-state index contributed by atoms with van der Waals surface area (Å²) in [7, 11) is 0. The Morgan fingerprint density at radius 3 is 2.72 bits per heavy atom. The minimum absolute atomic E-state index is 0.390. The first-order valence-corrected chi connectivity index (χ1v) is 7.55. The lowest BCUT2D eigenvalue weighted by molar-refractivity contribution is 0.114. The van der Waals surface area contributed by atoms with Crippen LogP contribution in [-0.2, 0) is 0 Å². The molecular formula is C15H29N3. The predicted molar refractivity (Wildman–Crippen MR) is 76.4 cm³/mol. The van der Waals surface area contributed by atoms with Crippen molar-refractivity contribution < 1.29 is 0 Å². The lowest BCUT2D eigenvalue weighted by atomic mass is 9.94. The highest BCUT2D eigenvalue weighted by Crippen LogP contribution is 2.22. The van der Waals surface area contributed by atoms with Crippen molar-refractivity contribution in [3.63, 3.8) is 0 Å². The van der Waals surface area contributed by atoms with Gasteiger partial charge in [0.1, 0.15) is 5.54 Å². The summed E-state index contributed by atoms with van der Waals surface area (Å²) in [4.78, 5) is 2.54. The molecule has 3 heteroatoms. The van der Waals surface area contributed by atoms with Crippen molar-refractivity contribution in [3.05, 3.63) is 0 Å². The topological polar surface area (TPSA) is 39.1 Å². The van der Waals surface area contributed by atoms with E-state index >= 15 is 0 Å². The highest BCUT2D eigenvalue weighted by molar-refractivity contribution is 5.06. The van der Waals surface area contributed by atoms with Gasteiger partial charge in [-0.15, -0.1) is 0 Å². The van der Waals surface area contributed by atoms with Crippen LogP contribution in [-0.4, -0.2) is 36.1 Å². The normalized spacial score (nSPS) is 24.4. The second-order valence-electron chi connectivity index (χ2n) is 5.78. The molecule has 1 rings (SSSR count). The maximum absolute atomic E-state index is 9.42. The summed E-state index contributed by atoms with van der Waals surface area (Å²) in [6.45, 7) is 9.40. The number of nitrogens with one attached hydrogen (secondary N) is 1. The minimum Gasteiger partial charge on any atom is -0.299 e. The number of piperidine rings is 1. The van der Waals surface area contributed by atoms with E-state index in [9.17, 15) is 5.26 Å². The second-order valence-corrected chi connectivity index (χ2v) is 5.78. The third-order valence-electron chi connectivity index (χ3n) is 3.90. The first kappa shape index (κ1) is 15.5. The van der Waals surface area contributed by atoms with Crippen molar-refractivity contribution in [1.29, 1.82) is 5.26 Å². The Morgan fingerprint density at radius 2 is 2.11 bits per heavy atom. The van der Waals surface area contributed by atoms with Crippen molar-refractivity contribution in [1.82, 2.24) is 10.2 Å². The number of hydrogen-bond donors (Lipinski definition) is 1. The van der Waals surface area contributed by atoms with E-state index in [0.29, 0.717) is 6.04 Å². The molecule has 1 N–H and O–H groups in total. The van der Waals surface area contributed by atoms with Crippen LogP contribution in [0.2, 0.25) is 0 Å². The molecule has 0 saturated carbocycles. The Kier molecular flexibility index (Phi) is 6.67. The van der Waals surface area contributed by atoms with Gasteiger partial charge >= 0.3 is 0 Å². The maximum Gasteiger partial charge on any atom is 0.116 e. The minimum atomic E-state index is -0.390. The molecule has 2 atom stereocenters. The van der Waals surface area contributed by atoms with Crippen LogP contribution >= 0.6 is 0 Å². The van der Waals surface area contributed by atoms with E-state index in [1.54, 1.807) is 0 Å². The largest absolute Gasteiger partial charge is 0.299 e. The first-order valence-electron chi connectivity index (χ1n) is 7.55. The summed E-state index contributed by atoms with van der Waals surface area (Å²) in [5.41, 5.74) is -0.390. The molecule has 1 aliphatic rings. The van der Waals surface area contributed by atoms with E-state index in [1.807, 2.05) is 6.92 Å². The van der Waals surface area contributed by atoms with Crippen LogP contribution in [0.1, 0.15) is 59.3 Å². The Balaban J connectivity index is 2.57. The van der Waals surface area contributed by atoms with Crippen molar-refractivity contribution in [2.75, 3.05) is 19.6 Å². The fourth-order valence-electron chi connectivity index (χ4n) is 2.87. The van der Waals surface area contributed by atoms with E-state index in [1.165, 1.54) is 32.1 Å². The van der Waals surface area contributed by atoms with Gasteiger partial charge < -0.3 is 0 Å². The van der Waals surface area contributed by atoms with Crippen molar-refractivity contribution in [2.45, 2.75) is 70.9 Å². The Hall–Kier alpha value is -0.590. The Morgan fingerprint density at radius 1 is 1.33 bits per heavy atom. The van der Waals surface area contributed by atoms with E-state index in [4.69, 9.17) is 0 Å². The number of rotatable bonds is 7. The summed E-state index contributed by atoms with van der Waals surface area (Å²) >= 11 is 0. The van der Waals surface area contributed by atoms with Gasteiger partial charge in [-0.3, -0.25) is 10.2 Å². The third kappa shape index (κ3) is 4.59. The van der Waals surface area contributed by atoms with Crippen LogP contribution in [0.15, 0.2) is 0 Å². The molecule has 1 saturated heterocycles. The molecule has 0 aromatic rings. The lowest BCUT2D eigenvalue weighted by Crippen LogP contribution is -2.54. The van der Waals surface area contributed by atoms with Gasteiger partial charge in [0.25, 0.3) is 0 Å². The van der Waals surface area contributed by atoms with Gasteiger partial charge in [0.05, 0.1) is 6.07 Å². The molecule has 1 aliphatic heterocycles. The molecule has 0 aromatic heterocycles. The van der Waals surface area contributed by atoms with Gasteiger partial charge in [0.15, 0.2) is 0 Å². The standard InChI is InChI=1S/C15H29N3/c1-4-8-14-9-6-7-11-18(14)13-15(3,12-16)17-10-5-2/h14,17H,4-11,13H2,1-3H3. The molecule has 1 heterocycles. The molecule has 0 aliphatic carbocycles. The Labute approximate surface area is 113 Å². The molecule has 2 unspecified atom stereocenters. The maximum atomic E-state index is 9.42. The van der Waals surface area contributed by atoms with Crippen LogP contribution in [0, 0.1) is 11.3 Å². The van der Waals surface area contributed by atoms with Crippen molar-refractivity contribution >= 4 is 0 Å². The third-order valence-corrected chi connectivity index (χ3v) is 3.90. The monoisotopic (exact) mass is 251 g/mol. The Bertz CT molecular complexity index is 269. The summed E-state index contributed by atoms with van der Waals surface area (Å²) in [5.74, 6) is 0. The summed E-state index contributed by atoms with van der Waals surface area (Å²) in [6, 6.07) is 3.16. The zero-order valence-corrected chi connectivity index (χ0v) is 12.3. The average Bonchev–Trinajstić information content (AvgIpc) is 2.39. The number of nitrogens with zero attached hydrogens (tertiary/aromatic N) is 2. The molecule has 0 amide bonds. The molecule has 0 spiro atoms. The highest BCUT2D eigenvalue weighted by atomic mass is 15.2. The molecule has 0 aromatic carbocycles. The molecule has 3 nitrogen and oxygen atoms in total. The van der Waals surface area contributed by atoms with Gasteiger partial charge in [-0.25, -0.2) is 0 Å². The zero-order valence-electron chi connectivity index (χ0n) is 12.3. The van der Waals surface area contributed by atoms with Crippen LogP contribution < -0.4 is 5.32 Å². The van der Waals surface area contributed by atoms with Gasteiger partial charge in [-0.05, 0) is 45.7 Å². The van der Waals surface area contributed by atoms with Crippen LogP contribution in [0.4, 0.5) is 0 Å². The molecular weight excluding hydrogens is 222 g/mol. The lowest BCUT2D eigenvalue weighted by Gasteiger charge is -2.39. The fourth-order valence-corrected chi connectivity index (χ4v) is 2.87. The summed E-state index contributed by atoms with van der Waals surface area (Å²) < 4.78 is 0. The molecule has 104 valence electrons. The van der Waals surface area contributed by atoms with Gasteiger partial charge in [-0.1, -0.05) is 26.7 Å². The van der Waals surface area contributed by atoms with Crippen LogP contribution in [0.25, 0.3) is 0 Å². The number of hydrogen-bond acceptors (Lipinski definition) is 3. The van der Waals surface area contributed by atoms with Crippen molar-refractivity contribution in [3.8, 4) is 6.07 Å². The molecule has 0 bridgehead atoms. The molecule has 0 radical (unpaired) electrons. The second kappa shape index (κ2) is 7.76. The molecule has 18 heavy (non-hydrogen) atoms. The number of nitriles is 1. The van der Waals surface area contributed by atoms with E-state index in [-0.39, 0.29) is 5.54 Å². The van der Waals surface area contributed by atoms with Gasteiger partial charge in [-0.2, -0.15) is 5.26 Å². The smallest absolute Gasteiger partial charge is 0.116 e. The fraction of sp³-hybridized carbons (Fsp3) is 0.933. The highest BCUT2D eigenvalue weighted by Gasteiger charge is 2.30. The van der Waals surface area contributed by atoms with Crippen molar-refractivity contribution in [2.24, 2.45) is 0 Å². The van der Waals surface area contributed by atoms with E-state index in [2.05, 4.69) is 30.1 Å².